The molecule has 1 N–H and O–H groups in total. The third-order valence-corrected chi connectivity index (χ3v) is 3.89. The van der Waals surface area contributed by atoms with Crippen molar-refractivity contribution in [2.75, 3.05) is 7.05 Å². The molecule has 1 rings (SSSR count). The molecule has 1 aromatic rings. The van der Waals surface area contributed by atoms with E-state index in [-0.39, 0.29) is 0 Å². The third kappa shape index (κ3) is 8.05. The topological polar surface area (TPSA) is 12.0 Å². The summed E-state index contributed by atoms with van der Waals surface area (Å²) in [5, 5.41) is 3.46. The normalized spacial score (nSPS) is 12.5. The molecule has 0 aliphatic rings. The van der Waals surface area contributed by atoms with Crippen LogP contribution in [0.15, 0.2) is 30.3 Å². The largest absolute Gasteiger partial charge is 0.317 e. The van der Waals surface area contributed by atoms with Crippen LogP contribution in [-0.2, 0) is 6.42 Å². The van der Waals surface area contributed by atoms with Crippen LogP contribution in [0, 0.1) is 0 Å². The highest BCUT2D eigenvalue weighted by atomic mass is 14.9. The van der Waals surface area contributed by atoms with Gasteiger partial charge >= 0.3 is 0 Å². The van der Waals surface area contributed by atoms with Gasteiger partial charge in [0.05, 0.1) is 0 Å². The monoisotopic (exact) mass is 261 g/mol. The number of likely N-dealkylation sites (N-methyl/N-ethyl adjacent to an activating group) is 1. The lowest BCUT2D eigenvalue weighted by Gasteiger charge is -2.16. The van der Waals surface area contributed by atoms with Gasteiger partial charge in [0.25, 0.3) is 0 Å². The average Bonchev–Trinajstić information content (AvgIpc) is 2.46. The molecule has 0 saturated heterocycles. The lowest BCUT2D eigenvalue weighted by molar-refractivity contribution is 0.478. The van der Waals surface area contributed by atoms with E-state index in [9.17, 15) is 0 Å². The number of unbranched alkanes of at least 4 members (excludes halogenated alkanes) is 6. The van der Waals surface area contributed by atoms with Gasteiger partial charge in [-0.25, -0.2) is 0 Å². The van der Waals surface area contributed by atoms with Crippen molar-refractivity contribution in [1.29, 1.82) is 0 Å². The van der Waals surface area contributed by atoms with E-state index in [1.54, 1.807) is 0 Å². The molecule has 1 heteroatoms. The maximum atomic E-state index is 3.46. The minimum atomic E-state index is 0.637. The predicted molar refractivity (Wildman–Crippen MR) is 85.6 cm³/mol. The number of benzene rings is 1. The molecule has 19 heavy (non-hydrogen) atoms. The van der Waals surface area contributed by atoms with Gasteiger partial charge in [-0.1, -0.05) is 82.2 Å². The molecule has 1 atom stereocenters. The lowest BCUT2D eigenvalue weighted by atomic mass is 10.00. The molecule has 1 unspecified atom stereocenters. The highest BCUT2D eigenvalue weighted by molar-refractivity contribution is 5.15. The van der Waals surface area contributed by atoms with Crippen LogP contribution in [0.4, 0.5) is 0 Å². The molecule has 0 bridgehead atoms. The van der Waals surface area contributed by atoms with Gasteiger partial charge in [0, 0.05) is 6.04 Å². The van der Waals surface area contributed by atoms with Gasteiger partial charge in [-0.3, -0.25) is 0 Å². The van der Waals surface area contributed by atoms with Gasteiger partial charge in [-0.05, 0) is 25.5 Å². The summed E-state index contributed by atoms with van der Waals surface area (Å²) in [6.07, 6.45) is 12.3. The van der Waals surface area contributed by atoms with E-state index in [2.05, 4.69) is 49.6 Å². The predicted octanol–water partition coefficient (Wildman–Crippen LogP) is 4.96. The van der Waals surface area contributed by atoms with E-state index in [1.165, 1.54) is 56.9 Å². The Kier molecular flexibility index (Phi) is 9.44. The number of hydrogen-bond donors (Lipinski definition) is 1. The van der Waals surface area contributed by atoms with Crippen molar-refractivity contribution >= 4 is 0 Å². The Morgan fingerprint density at radius 2 is 1.53 bits per heavy atom. The fourth-order valence-electron chi connectivity index (χ4n) is 2.59. The highest BCUT2D eigenvalue weighted by Gasteiger charge is 2.06. The Bertz CT molecular complexity index is 294. The van der Waals surface area contributed by atoms with Crippen LogP contribution < -0.4 is 5.32 Å². The summed E-state index contributed by atoms with van der Waals surface area (Å²) in [5.41, 5.74) is 1.45. The summed E-state index contributed by atoms with van der Waals surface area (Å²) < 4.78 is 0. The Hall–Kier alpha value is -0.820. The van der Waals surface area contributed by atoms with Crippen molar-refractivity contribution in [3.63, 3.8) is 0 Å². The molecular weight excluding hydrogens is 230 g/mol. The van der Waals surface area contributed by atoms with Crippen LogP contribution in [0.1, 0.15) is 63.9 Å². The Morgan fingerprint density at radius 1 is 0.895 bits per heavy atom. The average molecular weight is 261 g/mol. The Labute approximate surface area is 119 Å². The number of hydrogen-bond acceptors (Lipinski definition) is 1. The Morgan fingerprint density at radius 3 is 2.16 bits per heavy atom. The molecule has 0 aliphatic heterocycles. The first-order valence-corrected chi connectivity index (χ1v) is 8.08. The molecule has 1 nitrogen and oxygen atoms in total. The van der Waals surface area contributed by atoms with Crippen molar-refractivity contribution < 1.29 is 0 Å². The van der Waals surface area contributed by atoms with Crippen LogP contribution in [0.2, 0.25) is 0 Å². The zero-order chi connectivity index (χ0) is 13.8. The first-order chi connectivity index (χ1) is 9.36. The van der Waals surface area contributed by atoms with Crippen LogP contribution in [0.5, 0.6) is 0 Å². The zero-order valence-corrected chi connectivity index (χ0v) is 12.8. The van der Waals surface area contributed by atoms with E-state index in [1.807, 2.05) is 0 Å². The van der Waals surface area contributed by atoms with Crippen molar-refractivity contribution in [1.82, 2.24) is 5.32 Å². The van der Waals surface area contributed by atoms with Gasteiger partial charge in [0.1, 0.15) is 0 Å². The minimum Gasteiger partial charge on any atom is -0.317 e. The van der Waals surface area contributed by atoms with Crippen molar-refractivity contribution in [2.45, 2.75) is 70.8 Å². The fourth-order valence-corrected chi connectivity index (χ4v) is 2.59. The Balaban J connectivity index is 2.09. The molecule has 0 radical (unpaired) electrons. The van der Waals surface area contributed by atoms with E-state index in [0.29, 0.717) is 6.04 Å². The SMILES string of the molecule is CCCCCCCCCC(Cc1ccccc1)NC. The quantitative estimate of drug-likeness (QED) is 0.555. The molecule has 0 spiro atoms. The fraction of sp³-hybridized carbons (Fsp3) is 0.667. The van der Waals surface area contributed by atoms with E-state index < -0.39 is 0 Å². The first kappa shape index (κ1) is 16.2. The second-order valence-electron chi connectivity index (χ2n) is 5.59. The molecule has 0 fully saturated rings. The van der Waals surface area contributed by atoms with E-state index in [0.717, 1.165) is 6.42 Å². The van der Waals surface area contributed by atoms with Gasteiger partial charge in [-0.15, -0.1) is 0 Å². The highest BCUT2D eigenvalue weighted by Crippen LogP contribution is 2.12. The van der Waals surface area contributed by atoms with Gasteiger partial charge in [0.2, 0.25) is 0 Å². The van der Waals surface area contributed by atoms with Crippen molar-refractivity contribution in [3.05, 3.63) is 35.9 Å². The summed E-state index contributed by atoms with van der Waals surface area (Å²) in [5.74, 6) is 0. The standard InChI is InChI=1S/C18H31N/c1-3-4-5-6-7-8-12-15-18(19-2)16-17-13-10-9-11-14-17/h9-11,13-14,18-19H,3-8,12,15-16H2,1-2H3. The van der Waals surface area contributed by atoms with Crippen LogP contribution >= 0.6 is 0 Å². The smallest absolute Gasteiger partial charge is 0.0104 e. The molecule has 0 amide bonds. The lowest BCUT2D eigenvalue weighted by Crippen LogP contribution is -2.27. The minimum absolute atomic E-state index is 0.637. The molecule has 1 aromatic carbocycles. The summed E-state index contributed by atoms with van der Waals surface area (Å²) in [4.78, 5) is 0. The van der Waals surface area contributed by atoms with Crippen LogP contribution in [0.3, 0.4) is 0 Å². The summed E-state index contributed by atoms with van der Waals surface area (Å²) in [7, 11) is 2.09. The molecule has 0 saturated carbocycles. The van der Waals surface area contributed by atoms with Crippen molar-refractivity contribution in [2.24, 2.45) is 0 Å². The van der Waals surface area contributed by atoms with E-state index >= 15 is 0 Å². The van der Waals surface area contributed by atoms with Crippen LogP contribution in [-0.4, -0.2) is 13.1 Å². The summed E-state index contributed by atoms with van der Waals surface area (Å²) >= 11 is 0. The maximum Gasteiger partial charge on any atom is 0.0104 e. The molecule has 108 valence electrons. The maximum absolute atomic E-state index is 3.46. The molecule has 0 aromatic heterocycles. The summed E-state index contributed by atoms with van der Waals surface area (Å²) in [6.45, 7) is 2.28. The second kappa shape index (κ2) is 11.0. The molecule has 0 aliphatic carbocycles. The zero-order valence-electron chi connectivity index (χ0n) is 12.8. The molecule has 0 heterocycles. The van der Waals surface area contributed by atoms with E-state index in [4.69, 9.17) is 0 Å². The van der Waals surface area contributed by atoms with Gasteiger partial charge < -0.3 is 5.32 Å². The second-order valence-corrected chi connectivity index (χ2v) is 5.59. The van der Waals surface area contributed by atoms with Gasteiger partial charge in [-0.2, -0.15) is 0 Å². The van der Waals surface area contributed by atoms with Crippen LogP contribution in [0.25, 0.3) is 0 Å². The number of rotatable bonds is 11. The van der Waals surface area contributed by atoms with Gasteiger partial charge in [0.15, 0.2) is 0 Å². The van der Waals surface area contributed by atoms with Crippen molar-refractivity contribution in [3.8, 4) is 0 Å². The summed E-state index contributed by atoms with van der Waals surface area (Å²) in [6, 6.07) is 11.5. The number of nitrogens with one attached hydrogen (secondary N) is 1. The molecular formula is C18H31N. The first-order valence-electron chi connectivity index (χ1n) is 8.08. The third-order valence-electron chi connectivity index (χ3n) is 3.89.